The van der Waals surface area contributed by atoms with E-state index in [1.165, 1.54) is 4.90 Å². The highest BCUT2D eigenvalue weighted by molar-refractivity contribution is 5.81. The number of ether oxygens (including phenoxy) is 2. The van der Waals surface area contributed by atoms with E-state index in [4.69, 9.17) is 9.47 Å². The maximum absolute atomic E-state index is 11.9. The summed E-state index contributed by atoms with van der Waals surface area (Å²) < 4.78 is 10.4. The molecule has 0 fully saturated rings. The standard InChI is InChI=1S/C15H22N2O4/c1-17(2)15(19)7-8-16-14(18)10-11-9-12(20-3)5-6-13(11)21-4/h5-6,9H,7-8,10H2,1-4H3,(H,16,18). The molecule has 1 aromatic rings. The molecule has 116 valence electrons. The van der Waals surface area contributed by atoms with Gasteiger partial charge in [0.15, 0.2) is 0 Å². The van der Waals surface area contributed by atoms with Gasteiger partial charge in [-0.25, -0.2) is 0 Å². The van der Waals surface area contributed by atoms with Gasteiger partial charge in [0, 0.05) is 32.6 Å². The van der Waals surface area contributed by atoms with Gasteiger partial charge in [0.1, 0.15) is 11.5 Å². The fraction of sp³-hybridized carbons (Fsp3) is 0.467. The molecule has 0 aliphatic rings. The van der Waals surface area contributed by atoms with Gasteiger partial charge >= 0.3 is 0 Å². The second kappa shape index (κ2) is 8.14. The van der Waals surface area contributed by atoms with Crippen LogP contribution in [0.15, 0.2) is 18.2 Å². The van der Waals surface area contributed by atoms with Gasteiger partial charge in [0.25, 0.3) is 0 Å². The van der Waals surface area contributed by atoms with E-state index in [1.807, 2.05) is 0 Å². The molecule has 0 saturated carbocycles. The van der Waals surface area contributed by atoms with Crippen LogP contribution in [0.2, 0.25) is 0 Å². The van der Waals surface area contributed by atoms with E-state index in [-0.39, 0.29) is 24.7 Å². The highest BCUT2D eigenvalue weighted by Gasteiger charge is 2.11. The Morgan fingerprint density at radius 3 is 2.48 bits per heavy atom. The lowest BCUT2D eigenvalue weighted by Gasteiger charge is -2.12. The molecule has 1 rings (SSSR count). The Morgan fingerprint density at radius 1 is 1.19 bits per heavy atom. The van der Waals surface area contributed by atoms with Gasteiger partial charge in [0.05, 0.1) is 20.6 Å². The van der Waals surface area contributed by atoms with Crippen molar-refractivity contribution in [3.05, 3.63) is 23.8 Å². The predicted molar refractivity (Wildman–Crippen MR) is 79.6 cm³/mol. The van der Waals surface area contributed by atoms with Crippen LogP contribution < -0.4 is 14.8 Å². The minimum absolute atomic E-state index is 0.0192. The lowest BCUT2D eigenvalue weighted by atomic mass is 10.1. The Morgan fingerprint density at radius 2 is 1.90 bits per heavy atom. The zero-order chi connectivity index (χ0) is 15.8. The highest BCUT2D eigenvalue weighted by Crippen LogP contribution is 2.24. The van der Waals surface area contributed by atoms with Crippen molar-refractivity contribution in [3.63, 3.8) is 0 Å². The van der Waals surface area contributed by atoms with E-state index < -0.39 is 0 Å². The molecule has 6 nitrogen and oxygen atoms in total. The van der Waals surface area contributed by atoms with Gasteiger partial charge in [-0.15, -0.1) is 0 Å². The quantitative estimate of drug-likeness (QED) is 0.809. The molecule has 0 aliphatic heterocycles. The first-order valence-electron chi connectivity index (χ1n) is 6.65. The van der Waals surface area contributed by atoms with Crippen LogP contribution >= 0.6 is 0 Å². The summed E-state index contributed by atoms with van der Waals surface area (Å²) in [5.74, 6) is 1.12. The summed E-state index contributed by atoms with van der Waals surface area (Å²) in [4.78, 5) is 24.8. The van der Waals surface area contributed by atoms with Crippen LogP contribution in [0.4, 0.5) is 0 Å². The maximum Gasteiger partial charge on any atom is 0.224 e. The SMILES string of the molecule is COc1ccc(OC)c(CC(=O)NCCC(=O)N(C)C)c1. The largest absolute Gasteiger partial charge is 0.497 e. The van der Waals surface area contributed by atoms with Crippen molar-refractivity contribution in [2.45, 2.75) is 12.8 Å². The summed E-state index contributed by atoms with van der Waals surface area (Å²) >= 11 is 0. The summed E-state index contributed by atoms with van der Waals surface area (Å²) in [6, 6.07) is 5.30. The first-order chi connectivity index (χ1) is 9.97. The molecule has 0 radical (unpaired) electrons. The molecule has 0 aromatic heterocycles. The molecule has 0 aliphatic carbocycles. The van der Waals surface area contributed by atoms with Crippen molar-refractivity contribution < 1.29 is 19.1 Å². The van der Waals surface area contributed by atoms with Crippen LogP contribution in [0.5, 0.6) is 11.5 Å². The minimum atomic E-state index is -0.159. The van der Waals surface area contributed by atoms with Crippen LogP contribution in [-0.2, 0) is 16.0 Å². The summed E-state index contributed by atoms with van der Waals surface area (Å²) in [5.41, 5.74) is 0.744. The minimum Gasteiger partial charge on any atom is -0.497 e. The van der Waals surface area contributed by atoms with Gasteiger partial charge in [-0.3, -0.25) is 9.59 Å². The van der Waals surface area contributed by atoms with E-state index in [0.29, 0.717) is 18.0 Å². The van der Waals surface area contributed by atoms with E-state index >= 15 is 0 Å². The second-order valence-corrected chi connectivity index (χ2v) is 4.74. The second-order valence-electron chi connectivity index (χ2n) is 4.74. The van der Waals surface area contributed by atoms with Crippen molar-refractivity contribution in [1.29, 1.82) is 0 Å². The summed E-state index contributed by atoms with van der Waals surface area (Å²) in [6.07, 6.45) is 0.463. The normalized spacial score (nSPS) is 9.90. The Labute approximate surface area is 125 Å². The third-order valence-electron chi connectivity index (χ3n) is 3.00. The van der Waals surface area contributed by atoms with Crippen molar-refractivity contribution in [1.82, 2.24) is 10.2 Å². The van der Waals surface area contributed by atoms with E-state index in [1.54, 1.807) is 46.5 Å². The number of carbonyl (C=O) groups is 2. The number of amides is 2. The van der Waals surface area contributed by atoms with Crippen LogP contribution in [0.1, 0.15) is 12.0 Å². The molecular formula is C15H22N2O4. The molecule has 0 saturated heterocycles. The first kappa shape index (κ1) is 16.8. The maximum atomic E-state index is 11.9. The summed E-state index contributed by atoms with van der Waals surface area (Å²) in [6.45, 7) is 0.322. The molecule has 0 heterocycles. The number of nitrogens with zero attached hydrogens (tertiary/aromatic N) is 1. The third kappa shape index (κ3) is 5.33. The van der Waals surface area contributed by atoms with E-state index in [2.05, 4.69) is 5.32 Å². The Kier molecular flexibility index (Phi) is 6.52. The Bertz CT molecular complexity index is 500. The average molecular weight is 294 g/mol. The van der Waals surface area contributed by atoms with Crippen LogP contribution in [-0.4, -0.2) is 51.6 Å². The number of methoxy groups -OCH3 is 2. The van der Waals surface area contributed by atoms with Crippen molar-refractivity contribution in [2.75, 3.05) is 34.9 Å². The predicted octanol–water partition coefficient (Wildman–Crippen LogP) is 0.841. The van der Waals surface area contributed by atoms with Crippen molar-refractivity contribution >= 4 is 11.8 Å². The summed E-state index contributed by atoms with van der Waals surface area (Å²) in [7, 11) is 6.49. The monoisotopic (exact) mass is 294 g/mol. The molecule has 1 N–H and O–H groups in total. The number of nitrogens with one attached hydrogen (secondary N) is 1. The molecule has 0 atom stereocenters. The molecule has 6 heteroatoms. The molecule has 21 heavy (non-hydrogen) atoms. The van der Waals surface area contributed by atoms with Crippen LogP contribution in [0.25, 0.3) is 0 Å². The van der Waals surface area contributed by atoms with Crippen molar-refractivity contribution in [2.24, 2.45) is 0 Å². The molecule has 0 spiro atoms. The van der Waals surface area contributed by atoms with E-state index in [9.17, 15) is 9.59 Å². The Hall–Kier alpha value is -2.24. The highest BCUT2D eigenvalue weighted by atomic mass is 16.5. The van der Waals surface area contributed by atoms with Crippen molar-refractivity contribution in [3.8, 4) is 11.5 Å². The van der Waals surface area contributed by atoms with Gasteiger partial charge in [0.2, 0.25) is 11.8 Å². The van der Waals surface area contributed by atoms with Gasteiger partial charge in [-0.2, -0.15) is 0 Å². The summed E-state index contributed by atoms with van der Waals surface area (Å²) in [5, 5.41) is 2.72. The number of hydrogen-bond acceptors (Lipinski definition) is 4. The molecule has 0 unspecified atom stereocenters. The average Bonchev–Trinajstić information content (AvgIpc) is 2.46. The van der Waals surface area contributed by atoms with Crippen LogP contribution in [0, 0.1) is 0 Å². The zero-order valence-electron chi connectivity index (χ0n) is 12.9. The van der Waals surface area contributed by atoms with E-state index in [0.717, 1.165) is 5.56 Å². The number of hydrogen-bond donors (Lipinski definition) is 1. The number of rotatable bonds is 7. The van der Waals surface area contributed by atoms with Crippen LogP contribution in [0.3, 0.4) is 0 Å². The fourth-order valence-corrected chi connectivity index (χ4v) is 1.79. The fourth-order valence-electron chi connectivity index (χ4n) is 1.79. The van der Waals surface area contributed by atoms with Gasteiger partial charge < -0.3 is 19.7 Å². The van der Waals surface area contributed by atoms with Gasteiger partial charge in [-0.05, 0) is 18.2 Å². The number of benzene rings is 1. The lowest BCUT2D eigenvalue weighted by molar-refractivity contribution is -0.128. The number of carbonyl (C=O) groups excluding carboxylic acids is 2. The molecule has 0 bridgehead atoms. The topological polar surface area (TPSA) is 67.9 Å². The zero-order valence-corrected chi connectivity index (χ0v) is 12.9. The molecular weight excluding hydrogens is 272 g/mol. The smallest absolute Gasteiger partial charge is 0.224 e. The molecule has 2 amide bonds. The Balaban J connectivity index is 2.56. The first-order valence-corrected chi connectivity index (χ1v) is 6.65. The van der Waals surface area contributed by atoms with Gasteiger partial charge in [-0.1, -0.05) is 0 Å². The molecule has 1 aromatic carbocycles. The lowest BCUT2D eigenvalue weighted by Crippen LogP contribution is -2.31. The third-order valence-corrected chi connectivity index (χ3v) is 3.00.